The molecule has 2 heterocycles. The van der Waals surface area contributed by atoms with Gasteiger partial charge in [0.2, 0.25) is 5.78 Å². The average Bonchev–Trinajstić information content (AvgIpc) is 3.32. The number of carbonyl (C=O) groups excluding carboxylic acids is 2. The highest BCUT2D eigenvalue weighted by Gasteiger charge is 2.45. The first-order valence-corrected chi connectivity index (χ1v) is 11.1. The minimum absolute atomic E-state index is 0.0180. The van der Waals surface area contributed by atoms with Crippen molar-refractivity contribution < 1.29 is 24.2 Å². The third kappa shape index (κ3) is 3.69. The quantitative estimate of drug-likeness (QED) is 0.304. The Hall–Kier alpha value is -3.55. The van der Waals surface area contributed by atoms with Crippen molar-refractivity contribution in [3.63, 3.8) is 0 Å². The van der Waals surface area contributed by atoms with Crippen LogP contribution in [-0.2, 0) is 4.79 Å². The van der Waals surface area contributed by atoms with Gasteiger partial charge in [-0.25, -0.2) is 0 Å². The monoisotopic (exact) mass is 523 g/mol. The predicted octanol–water partition coefficient (Wildman–Crippen LogP) is 6.34. The summed E-state index contributed by atoms with van der Waals surface area (Å²) in [6.07, 6.45) is 0. The zero-order chi connectivity index (χ0) is 23.3. The van der Waals surface area contributed by atoms with Gasteiger partial charge in [0.15, 0.2) is 11.5 Å². The Kier molecular flexibility index (Phi) is 5.23. The number of nitrogens with zero attached hydrogens (tertiary/aromatic N) is 1. The zero-order valence-electron chi connectivity index (χ0n) is 16.8. The van der Waals surface area contributed by atoms with Crippen molar-refractivity contribution in [3.05, 3.63) is 105 Å². The molecule has 0 spiro atoms. The average molecular weight is 525 g/mol. The molecule has 0 saturated carbocycles. The highest BCUT2D eigenvalue weighted by Crippen LogP contribution is 2.43. The lowest BCUT2D eigenvalue weighted by atomic mass is 9.94. The lowest BCUT2D eigenvalue weighted by Gasteiger charge is -2.27. The summed E-state index contributed by atoms with van der Waals surface area (Å²) in [6, 6.07) is 18.6. The molecule has 1 amide bonds. The molecule has 6 nitrogen and oxygen atoms in total. The normalized spacial score (nSPS) is 16.1. The first kappa shape index (κ1) is 21.3. The molecule has 8 heteroatoms. The third-order valence-electron chi connectivity index (χ3n) is 5.43. The van der Waals surface area contributed by atoms with Crippen molar-refractivity contribution in [2.24, 2.45) is 0 Å². The van der Waals surface area contributed by atoms with Crippen LogP contribution in [0.15, 0.2) is 93.0 Å². The topological polar surface area (TPSA) is 91.0 Å². The van der Waals surface area contributed by atoms with Gasteiger partial charge in [-0.05, 0) is 60.2 Å². The van der Waals surface area contributed by atoms with Crippen molar-refractivity contribution in [3.8, 4) is 5.75 Å². The fraction of sp³-hybridized carbons (Fsp3) is 0.0400. The smallest absolute Gasteiger partial charge is 0.294 e. The van der Waals surface area contributed by atoms with Gasteiger partial charge in [-0.2, -0.15) is 0 Å². The van der Waals surface area contributed by atoms with E-state index >= 15 is 0 Å². The number of aliphatic hydroxyl groups is 1. The Morgan fingerprint density at radius 2 is 1.79 bits per heavy atom. The van der Waals surface area contributed by atoms with Gasteiger partial charge >= 0.3 is 0 Å². The molecule has 5 rings (SSSR count). The number of benzene rings is 3. The highest BCUT2D eigenvalue weighted by atomic mass is 79.9. The number of fused-ring (bicyclic) bond motifs is 1. The molecule has 1 atom stereocenters. The van der Waals surface area contributed by atoms with Gasteiger partial charge in [-0.15, -0.1) is 0 Å². The summed E-state index contributed by atoms with van der Waals surface area (Å²) in [7, 11) is 0. The van der Waals surface area contributed by atoms with E-state index in [4.69, 9.17) is 16.0 Å². The van der Waals surface area contributed by atoms with E-state index in [0.717, 1.165) is 4.47 Å². The van der Waals surface area contributed by atoms with Crippen LogP contribution in [0.2, 0.25) is 5.02 Å². The summed E-state index contributed by atoms with van der Waals surface area (Å²) in [5.41, 5.74) is 1.17. The number of hydrogen-bond donors (Lipinski definition) is 2. The van der Waals surface area contributed by atoms with E-state index in [1.165, 1.54) is 17.0 Å². The molecule has 0 saturated heterocycles. The fourth-order valence-corrected chi connectivity index (χ4v) is 4.56. The number of anilines is 1. The van der Waals surface area contributed by atoms with Gasteiger partial charge in [-0.3, -0.25) is 14.5 Å². The number of carbonyl (C=O) groups is 2. The number of aromatic hydroxyl groups is 1. The molecular formula is C25H15BrClNO5. The summed E-state index contributed by atoms with van der Waals surface area (Å²) in [6.45, 7) is 0. The van der Waals surface area contributed by atoms with E-state index < -0.39 is 23.5 Å². The third-order valence-corrected chi connectivity index (χ3v) is 6.16. The van der Waals surface area contributed by atoms with Crippen LogP contribution in [0.3, 0.4) is 0 Å². The summed E-state index contributed by atoms with van der Waals surface area (Å²) < 4.78 is 6.55. The number of phenolic OH excluding ortho intramolecular Hbond substituents is 1. The number of amides is 1. The van der Waals surface area contributed by atoms with Gasteiger partial charge in [0.25, 0.3) is 5.91 Å². The number of aliphatic hydroxyl groups excluding tert-OH is 1. The van der Waals surface area contributed by atoms with Crippen LogP contribution in [0.4, 0.5) is 5.69 Å². The SMILES string of the molecule is O=C(C1=C(O)C(=O)N(c2cccc(Cl)c2)C1c1cccc(O)c1)c1cc2cc(Br)ccc2o1. The number of hydrogen-bond acceptors (Lipinski definition) is 5. The van der Waals surface area contributed by atoms with Crippen LogP contribution in [0.5, 0.6) is 5.75 Å². The number of phenols is 1. The molecule has 1 unspecified atom stereocenters. The summed E-state index contributed by atoms with van der Waals surface area (Å²) in [4.78, 5) is 28.0. The zero-order valence-corrected chi connectivity index (χ0v) is 19.2. The van der Waals surface area contributed by atoms with Crippen LogP contribution < -0.4 is 4.90 Å². The maximum absolute atomic E-state index is 13.6. The van der Waals surface area contributed by atoms with Crippen LogP contribution >= 0.6 is 27.5 Å². The molecule has 164 valence electrons. The molecule has 3 aromatic carbocycles. The Labute approximate surface area is 201 Å². The van der Waals surface area contributed by atoms with Gasteiger partial charge < -0.3 is 14.6 Å². The Balaban J connectivity index is 1.67. The Morgan fingerprint density at radius 3 is 2.55 bits per heavy atom. The molecule has 2 N–H and O–H groups in total. The molecule has 1 aliphatic heterocycles. The van der Waals surface area contributed by atoms with E-state index in [0.29, 0.717) is 27.2 Å². The molecular weight excluding hydrogens is 510 g/mol. The second kappa shape index (κ2) is 8.10. The van der Waals surface area contributed by atoms with Crippen molar-refractivity contribution in [1.29, 1.82) is 0 Å². The van der Waals surface area contributed by atoms with Gasteiger partial charge in [-0.1, -0.05) is 45.7 Å². The highest BCUT2D eigenvalue weighted by molar-refractivity contribution is 9.10. The van der Waals surface area contributed by atoms with E-state index in [1.807, 2.05) is 0 Å². The van der Waals surface area contributed by atoms with E-state index in [1.54, 1.807) is 60.7 Å². The fourth-order valence-electron chi connectivity index (χ4n) is 4.00. The maximum atomic E-state index is 13.6. The standard InChI is InChI=1S/C25H15BrClNO5/c26-15-7-8-19-14(9-15)11-20(33-19)23(30)21-22(13-3-1-6-18(29)10-13)28(25(32)24(21)31)17-5-2-4-16(27)12-17/h1-12,22,29,31H. The Morgan fingerprint density at radius 1 is 1.00 bits per heavy atom. The largest absolute Gasteiger partial charge is 0.508 e. The number of rotatable bonds is 4. The molecule has 1 aliphatic rings. The van der Waals surface area contributed by atoms with Crippen LogP contribution in [0.25, 0.3) is 11.0 Å². The lowest BCUT2D eigenvalue weighted by molar-refractivity contribution is -0.117. The summed E-state index contributed by atoms with van der Waals surface area (Å²) in [5.74, 6) is -2.14. The lowest BCUT2D eigenvalue weighted by Crippen LogP contribution is -2.31. The van der Waals surface area contributed by atoms with Crippen LogP contribution in [-0.4, -0.2) is 21.9 Å². The van der Waals surface area contributed by atoms with Crippen LogP contribution in [0.1, 0.15) is 22.2 Å². The van der Waals surface area contributed by atoms with Crippen molar-refractivity contribution in [2.45, 2.75) is 6.04 Å². The molecule has 0 bridgehead atoms. The molecule has 33 heavy (non-hydrogen) atoms. The minimum Gasteiger partial charge on any atom is -0.508 e. The first-order chi connectivity index (χ1) is 15.8. The predicted molar refractivity (Wildman–Crippen MR) is 128 cm³/mol. The summed E-state index contributed by atoms with van der Waals surface area (Å²) >= 11 is 9.53. The molecule has 4 aromatic rings. The molecule has 0 fully saturated rings. The number of halogens is 2. The van der Waals surface area contributed by atoms with Gasteiger partial charge in [0.1, 0.15) is 11.3 Å². The van der Waals surface area contributed by atoms with Crippen LogP contribution in [0, 0.1) is 0 Å². The van der Waals surface area contributed by atoms with Crippen molar-refractivity contribution >= 4 is 55.9 Å². The summed E-state index contributed by atoms with van der Waals surface area (Å²) in [5, 5.41) is 22.0. The number of ketones is 1. The second-order valence-corrected chi connectivity index (χ2v) is 8.89. The molecule has 0 radical (unpaired) electrons. The first-order valence-electron chi connectivity index (χ1n) is 9.88. The minimum atomic E-state index is -1.00. The molecule has 0 aliphatic carbocycles. The van der Waals surface area contributed by atoms with Crippen molar-refractivity contribution in [1.82, 2.24) is 0 Å². The van der Waals surface area contributed by atoms with Gasteiger partial charge in [0.05, 0.1) is 11.6 Å². The van der Waals surface area contributed by atoms with E-state index in [-0.39, 0.29) is 17.1 Å². The molecule has 1 aromatic heterocycles. The Bertz CT molecular complexity index is 1470. The van der Waals surface area contributed by atoms with E-state index in [2.05, 4.69) is 15.9 Å². The second-order valence-electron chi connectivity index (χ2n) is 7.54. The number of Topliss-reactive ketones (excluding diaryl/α,β-unsaturated/α-hetero) is 1. The van der Waals surface area contributed by atoms with Gasteiger partial charge in [0, 0.05) is 20.6 Å². The number of furan rings is 1. The van der Waals surface area contributed by atoms with Crippen molar-refractivity contribution in [2.75, 3.05) is 4.90 Å². The maximum Gasteiger partial charge on any atom is 0.294 e. The van der Waals surface area contributed by atoms with E-state index in [9.17, 15) is 19.8 Å².